The normalized spacial score (nSPS) is 13.2. The van der Waals surface area contributed by atoms with Gasteiger partial charge in [0.15, 0.2) is 11.5 Å². The molecular weight excluding hydrogens is 372 g/mol. The third-order valence-corrected chi connectivity index (χ3v) is 5.37. The molecular formula is C18H20N2O6S. The molecule has 0 spiro atoms. The summed E-state index contributed by atoms with van der Waals surface area (Å²) in [4.78, 5) is 26.9. The van der Waals surface area contributed by atoms with Crippen molar-refractivity contribution in [2.45, 2.75) is 13.0 Å². The van der Waals surface area contributed by atoms with Gasteiger partial charge in [0.1, 0.15) is 12.2 Å². The van der Waals surface area contributed by atoms with Crippen molar-refractivity contribution in [3.05, 3.63) is 49.7 Å². The van der Waals surface area contributed by atoms with Gasteiger partial charge >= 0.3 is 0 Å². The maximum absolute atomic E-state index is 13.0. The fourth-order valence-corrected chi connectivity index (χ4v) is 3.86. The molecule has 1 amide bonds. The molecule has 0 saturated heterocycles. The molecule has 0 aliphatic carbocycles. The number of hydrogen-bond donors (Lipinski definition) is 0. The fourth-order valence-electron chi connectivity index (χ4n) is 2.97. The molecule has 9 heteroatoms. The Bertz CT molecular complexity index is 850. The molecule has 27 heavy (non-hydrogen) atoms. The fraction of sp³-hybridized carbons (Fsp3) is 0.389. The number of fused-ring (bicyclic) bond motifs is 1. The summed E-state index contributed by atoms with van der Waals surface area (Å²) in [5.41, 5.74) is 0.785. The second-order valence-electron chi connectivity index (χ2n) is 5.96. The number of nitro groups is 1. The highest BCUT2D eigenvalue weighted by Crippen LogP contribution is 2.36. The lowest BCUT2D eigenvalue weighted by Crippen LogP contribution is -2.35. The summed E-state index contributed by atoms with van der Waals surface area (Å²) in [6, 6.07) is 4.61. The van der Waals surface area contributed by atoms with Gasteiger partial charge in [0.2, 0.25) is 0 Å². The Morgan fingerprint density at radius 2 is 2.11 bits per heavy atom. The smallest absolute Gasteiger partial charge is 0.286 e. The molecule has 1 aromatic carbocycles. The van der Waals surface area contributed by atoms with Gasteiger partial charge < -0.3 is 19.1 Å². The molecule has 2 aromatic rings. The third-order valence-electron chi connectivity index (χ3n) is 4.35. The highest BCUT2D eigenvalue weighted by Gasteiger charge is 2.30. The summed E-state index contributed by atoms with van der Waals surface area (Å²) in [6.45, 7) is 1.51. The van der Waals surface area contributed by atoms with Gasteiger partial charge in [-0.3, -0.25) is 14.9 Å². The van der Waals surface area contributed by atoms with Gasteiger partial charge in [-0.25, -0.2) is 0 Å². The van der Waals surface area contributed by atoms with Crippen molar-refractivity contribution in [2.75, 3.05) is 34.0 Å². The van der Waals surface area contributed by atoms with E-state index in [0.717, 1.165) is 12.0 Å². The molecule has 0 fully saturated rings. The van der Waals surface area contributed by atoms with Crippen LogP contribution in [0, 0.1) is 10.1 Å². The van der Waals surface area contributed by atoms with Crippen molar-refractivity contribution in [1.29, 1.82) is 0 Å². The molecule has 0 bridgehead atoms. The van der Waals surface area contributed by atoms with Crippen LogP contribution < -0.4 is 9.47 Å². The average molecular weight is 392 g/mol. The van der Waals surface area contributed by atoms with Crippen molar-refractivity contribution in [1.82, 2.24) is 4.90 Å². The number of methoxy groups -OCH3 is 2. The molecule has 2 heterocycles. The molecule has 3 rings (SSSR count). The molecule has 1 aromatic heterocycles. The molecule has 8 nitrogen and oxygen atoms in total. The summed E-state index contributed by atoms with van der Waals surface area (Å²) >= 11 is 1.67. The Hall–Kier alpha value is -2.65. The molecule has 0 saturated carbocycles. The predicted molar refractivity (Wildman–Crippen MR) is 99.8 cm³/mol. The van der Waals surface area contributed by atoms with Gasteiger partial charge in [-0.15, -0.1) is 11.3 Å². The van der Waals surface area contributed by atoms with E-state index in [4.69, 9.17) is 14.2 Å². The predicted octanol–water partition coefficient (Wildman–Crippen LogP) is 2.89. The van der Waals surface area contributed by atoms with E-state index in [1.807, 2.05) is 11.4 Å². The Balaban J connectivity index is 1.91. The van der Waals surface area contributed by atoms with Crippen molar-refractivity contribution in [3.8, 4) is 11.5 Å². The Kier molecular flexibility index (Phi) is 5.92. The van der Waals surface area contributed by atoms with Crippen LogP contribution in [0.5, 0.6) is 11.5 Å². The number of amides is 1. The van der Waals surface area contributed by atoms with E-state index in [1.165, 1.54) is 31.2 Å². The number of nitrogens with zero attached hydrogens (tertiary/aromatic N) is 2. The number of nitro benzene ring substituents is 1. The minimum atomic E-state index is -0.574. The third kappa shape index (κ3) is 4.04. The van der Waals surface area contributed by atoms with Crippen LogP contribution in [0.2, 0.25) is 0 Å². The number of ether oxygens (including phenoxy) is 3. The van der Waals surface area contributed by atoms with Gasteiger partial charge in [-0.2, -0.15) is 0 Å². The van der Waals surface area contributed by atoms with Crippen molar-refractivity contribution < 1.29 is 23.9 Å². The first kappa shape index (κ1) is 19.1. The van der Waals surface area contributed by atoms with E-state index >= 15 is 0 Å². The molecule has 0 atom stereocenters. The van der Waals surface area contributed by atoms with E-state index in [0.29, 0.717) is 19.7 Å². The van der Waals surface area contributed by atoms with E-state index < -0.39 is 4.92 Å². The van der Waals surface area contributed by atoms with Gasteiger partial charge in [0.05, 0.1) is 24.7 Å². The summed E-state index contributed by atoms with van der Waals surface area (Å²) in [5, 5.41) is 13.6. The quantitative estimate of drug-likeness (QED) is 0.409. The van der Waals surface area contributed by atoms with Gasteiger partial charge in [-0.05, 0) is 23.4 Å². The number of benzene rings is 1. The van der Waals surface area contributed by atoms with Crippen molar-refractivity contribution in [2.24, 2.45) is 0 Å². The number of hydrogen-bond acceptors (Lipinski definition) is 7. The van der Waals surface area contributed by atoms with Gasteiger partial charge in [-0.1, -0.05) is 0 Å². The molecule has 1 aliphatic rings. The topological polar surface area (TPSA) is 91.1 Å². The van der Waals surface area contributed by atoms with Gasteiger partial charge in [0.25, 0.3) is 11.6 Å². The Morgan fingerprint density at radius 3 is 2.81 bits per heavy atom. The second-order valence-corrected chi connectivity index (χ2v) is 6.96. The highest BCUT2D eigenvalue weighted by atomic mass is 32.1. The molecule has 0 radical (unpaired) electrons. The van der Waals surface area contributed by atoms with Crippen LogP contribution >= 0.6 is 11.3 Å². The van der Waals surface area contributed by atoms with E-state index in [1.54, 1.807) is 16.2 Å². The minimum Gasteiger partial charge on any atom is -0.493 e. The maximum atomic E-state index is 13.0. The molecule has 1 aliphatic heterocycles. The van der Waals surface area contributed by atoms with Crippen LogP contribution in [0.3, 0.4) is 0 Å². The second kappa shape index (κ2) is 8.36. The first-order chi connectivity index (χ1) is 13.0. The first-order valence-electron chi connectivity index (χ1n) is 8.37. The monoisotopic (exact) mass is 392 g/mol. The van der Waals surface area contributed by atoms with Crippen molar-refractivity contribution in [3.63, 3.8) is 0 Å². The zero-order chi connectivity index (χ0) is 19.4. The van der Waals surface area contributed by atoms with Crippen LogP contribution in [0.15, 0.2) is 23.6 Å². The standard InChI is InChI=1S/C18H20N2O6S/c1-24-6-7-26-16-10-14(20(22)23)13(9-15(16)25-2)18(21)19-5-3-17-12(11-19)4-8-27-17/h4,8-10H,3,5-7,11H2,1-2H3. The lowest BCUT2D eigenvalue weighted by molar-refractivity contribution is -0.385. The molecule has 144 valence electrons. The van der Waals surface area contributed by atoms with Crippen LogP contribution in [-0.4, -0.2) is 49.7 Å². The van der Waals surface area contributed by atoms with Crippen LogP contribution in [0.4, 0.5) is 5.69 Å². The minimum absolute atomic E-state index is 0.00498. The first-order valence-corrected chi connectivity index (χ1v) is 9.25. The van der Waals surface area contributed by atoms with E-state index in [-0.39, 0.29) is 35.3 Å². The van der Waals surface area contributed by atoms with Crippen LogP contribution in [-0.2, 0) is 17.7 Å². The summed E-state index contributed by atoms with van der Waals surface area (Å²) in [6.07, 6.45) is 0.752. The number of carbonyl (C=O) groups is 1. The summed E-state index contributed by atoms with van der Waals surface area (Å²) in [5.74, 6) is 0.0881. The van der Waals surface area contributed by atoms with Gasteiger partial charge in [0, 0.05) is 31.1 Å². The van der Waals surface area contributed by atoms with Crippen LogP contribution in [0.1, 0.15) is 20.8 Å². The van der Waals surface area contributed by atoms with Crippen molar-refractivity contribution >= 4 is 22.9 Å². The number of rotatable bonds is 7. The maximum Gasteiger partial charge on any atom is 0.286 e. The molecule has 0 unspecified atom stereocenters. The summed E-state index contributed by atoms with van der Waals surface area (Å²) in [7, 11) is 2.96. The SMILES string of the molecule is COCCOc1cc([N+](=O)[O-])c(C(=O)N2CCc3sccc3C2)cc1OC. The lowest BCUT2D eigenvalue weighted by Gasteiger charge is -2.27. The largest absolute Gasteiger partial charge is 0.493 e. The average Bonchev–Trinajstić information content (AvgIpc) is 3.14. The summed E-state index contributed by atoms with van der Waals surface area (Å²) < 4.78 is 15.7. The zero-order valence-corrected chi connectivity index (χ0v) is 15.9. The highest BCUT2D eigenvalue weighted by molar-refractivity contribution is 7.10. The lowest BCUT2D eigenvalue weighted by atomic mass is 10.1. The molecule has 0 N–H and O–H groups in total. The number of carbonyl (C=O) groups excluding carboxylic acids is 1. The number of thiophene rings is 1. The Labute approximate surface area is 160 Å². The van der Waals surface area contributed by atoms with E-state index in [9.17, 15) is 14.9 Å². The van der Waals surface area contributed by atoms with Crippen LogP contribution in [0.25, 0.3) is 0 Å². The Morgan fingerprint density at radius 1 is 1.30 bits per heavy atom. The zero-order valence-electron chi connectivity index (χ0n) is 15.1. The van der Waals surface area contributed by atoms with E-state index in [2.05, 4.69) is 0 Å².